The Kier molecular flexibility index (Phi) is 4.81. The SMILES string of the molecule is Cc1c(OCC(C)C)cc(C(=O)O)cc1S(=O)(=O)Cl. The maximum Gasteiger partial charge on any atom is 0.335 e. The molecule has 0 aliphatic rings. The van der Waals surface area contributed by atoms with Gasteiger partial charge in [-0.1, -0.05) is 13.8 Å². The first-order chi connectivity index (χ1) is 8.62. The molecule has 0 fully saturated rings. The van der Waals surface area contributed by atoms with Gasteiger partial charge in [0.1, 0.15) is 5.75 Å². The van der Waals surface area contributed by atoms with Crippen molar-refractivity contribution in [3.63, 3.8) is 0 Å². The lowest BCUT2D eigenvalue weighted by Gasteiger charge is -2.14. The number of halogens is 1. The Balaban J connectivity index is 3.38. The molecular weight excluding hydrogens is 292 g/mol. The summed E-state index contributed by atoms with van der Waals surface area (Å²) >= 11 is 0. The van der Waals surface area contributed by atoms with Gasteiger partial charge in [0.2, 0.25) is 0 Å². The van der Waals surface area contributed by atoms with Crippen molar-refractivity contribution in [2.75, 3.05) is 6.61 Å². The lowest BCUT2D eigenvalue weighted by Crippen LogP contribution is -2.09. The molecular formula is C12H15ClO5S. The summed E-state index contributed by atoms with van der Waals surface area (Å²) in [5.41, 5.74) is 0.129. The third kappa shape index (κ3) is 4.11. The number of carboxylic acid groups (broad SMARTS) is 1. The summed E-state index contributed by atoms with van der Waals surface area (Å²) in [7, 11) is 1.28. The van der Waals surface area contributed by atoms with Crippen molar-refractivity contribution >= 4 is 25.7 Å². The molecule has 19 heavy (non-hydrogen) atoms. The molecule has 1 N–H and O–H groups in total. The van der Waals surface area contributed by atoms with Gasteiger partial charge in [-0.05, 0) is 25.0 Å². The first-order valence-corrected chi connectivity index (χ1v) is 7.89. The van der Waals surface area contributed by atoms with Gasteiger partial charge in [0.05, 0.1) is 17.1 Å². The molecule has 0 saturated carbocycles. The highest BCUT2D eigenvalue weighted by Crippen LogP contribution is 2.30. The van der Waals surface area contributed by atoms with E-state index in [-0.39, 0.29) is 22.1 Å². The third-order valence-corrected chi connectivity index (χ3v) is 3.84. The van der Waals surface area contributed by atoms with Gasteiger partial charge < -0.3 is 9.84 Å². The summed E-state index contributed by atoms with van der Waals surface area (Å²) in [5, 5.41) is 8.97. The van der Waals surface area contributed by atoms with Gasteiger partial charge in [0.15, 0.2) is 0 Å². The maximum atomic E-state index is 11.4. The summed E-state index contributed by atoms with van der Waals surface area (Å²) in [6.45, 7) is 5.73. The standard InChI is InChI=1S/C12H15ClO5S/c1-7(2)6-18-10-4-9(12(14)15)5-11(8(10)3)19(13,16)17/h4-5,7H,6H2,1-3H3,(H,14,15). The molecule has 1 aromatic rings. The van der Waals surface area contributed by atoms with Crippen LogP contribution in [0.3, 0.4) is 0 Å². The molecule has 0 saturated heterocycles. The minimum Gasteiger partial charge on any atom is -0.493 e. The van der Waals surface area contributed by atoms with Crippen LogP contribution < -0.4 is 4.74 Å². The second kappa shape index (κ2) is 5.79. The van der Waals surface area contributed by atoms with Gasteiger partial charge in [-0.15, -0.1) is 0 Å². The van der Waals surface area contributed by atoms with E-state index in [1.54, 1.807) is 0 Å². The highest BCUT2D eigenvalue weighted by atomic mass is 35.7. The number of rotatable bonds is 5. The van der Waals surface area contributed by atoms with E-state index in [1.165, 1.54) is 13.0 Å². The van der Waals surface area contributed by atoms with Crippen LogP contribution in [-0.4, -0.2) is 26.1 Å². The highest BCUT2D eigenvalue weighted by molar-refractivity contribution is 8.13. The Morgan fingerprint density at radius 1 is 1.42 bits per heavy atom. The minimum absolute atomic E-state index is 0.177. The van der Waals surface area contributed by atoms with Gasteiger partial charge in [0, 0.05) is 16.2 Å². The molecule has 106 valence electrons. The molecule has 0 radical (unpaired) electrons. The monoisotopic (exact) mass is 306 g/mol. The van der Waals surface area contributed by atoms with E-state index < -0.39 is 15.0 Å². The number of aromatic carboxylic acids is 1. The zero-order chi connectivity index (χ0) is 14.8. The van der Waals surface area contributed by atoms with E-state index in [2.05, 4.69) is 0 Å². The lowest BCUT2D eigenvalue weighted by molar-refractivity contribution is 0.0696. The zero-order valence-electron chi connectivity index (χ0n) is 10.8. The second-order valence-corrected chi connectivity index (χ2v) is 7.08. The van der Waals surface area contributed by atoms with Crippen LogP contribution in [0.15, 0.2) is 17.0 Å². The fraction of sp³-hybridized carbons (Fsp3) is 0.417. The minimum atomic E-state index is -4.02. The van der Waals surface area contributed by atoms with Crippen LogP contribution in [0.1, 0.15) is 29.8 Å². The molecule has 0 amide bonds. The Bertz CT molecular complexity index is 592. The Labute approximate surface area is 116 Å². The molecule has 0 heterocycles. The molecule has 0 aliphatic carbocycles. The molecule has 0 spiro atoms. The number of hydrogen-bond acceptors (Lipinski definition) is 4. The van der Waals surface area contributed by atoms with E-state index in [9.17, 15) is 13.2 Å². The van der Waals surface area contributed by atoms with Gasteiger partial charge >= 0.3 is 5.97 Å². The fourth-order valence-corrected chi connectivity index (χ4v) is 2.66. The van der Waals surface area contributed by atoms with Gasteiger partial charge in [0.25, 0.3) is 9.05 Å². The largest absolute Gasteiger partial charge is 0.493 e. The van der Waals surface area contributed by atoms with Crippen molar-refractivity contribution in [1.82, 2.24) is 0 Å². The van der Waals surface area contributed by atoms with Crippen LogP contribution in [0.25, 0.3) is 0 Å². The highest BCUT2D eigenvalue weighted by Gasteiger charge is 2.20. The number of ether oxygens (including phenoxy) is 1. The summed E-state index contributed by atoms with van der Waals surface area (Å²) < 4.78 is 28.3. The topological polar surface area (TPSA) is 80.7 Å². The average molecular weight is 307 g/mol. The molecule has 1 rings (SSSR count). The summed E-state index contributed by atoms with van der Waals surface area (Å²) in [5.74, 6) is -0.798. The molecule has 7 heteroatoms. The molecule has 0 aliphatic heterocycles. The predicted octanol–water partition coefficient (Wildman–Crippen LogP) is 2.66. The van der Waals surface area contributed by atoms with Crippen molar-refractivity contribution in [2.45, 2.75) is 25.7 Å². The number of hydrogen-bond donors (Lipinski definition) is 1. The van der Waals surface area contributed by atoms with E-state index in [0.29, 0.717) is 12.2 Å². The summed E-state index contributed by atoms with van der Waals surface area (Å²) in [6.07, 6.45) is 0. The first kappa shape index (κ1) is 15.8. The number of benzene rings is 1. The first-order valence-electron chi connectivity index (χ1n) is 5.58. The molecule has 0 unspecified atom stereocenters. The van der Waals surface area contributed by atoms with E-state index >= 15 is 0 Å². The van der Waals surface area contributed by atoms with E-state index in [4.69, 9.17) is 20.5 Å². The van der Waals surface area contributed by atoms with Crippen molar-refractivity contribution in [3.8, 4) is 5.75 Å². The Hall–Kier alpha value is -1.27. The fourth-order valence-electron chi connectivity index (χ4n) is 1.45. The van der Waals surface area contributed by atoms with Gasteiger partial charge in [-0.3, -0.25) is 0 Å². The van der Waals surface area contributed by atoms with Crippen molar-refractivity contribution < 1.29 is 23.1 Å². The summed E-state index contributed by atoms with van der Waals surface area (Å²) in [6, 6.07) is 2.33. The normalized spacial score (nSPS) is 11.6. The Morgan fingerprint density at radius 3 is 2.42 bits per heavy atom. The number of carboxylic acids is 1. The van der Waals surface area contributed by atoms with Crippen molar-refractivity contribution in [1.29, 1.82) is 0 Å². The van der Waals surface area contributed by atoms with Crippen molar-refractivity contribution in [3.05, 3.63) is 23.3 Å². The van der Waals surface area contributed by atoms with Crippen LogP contribution in [0.4, 0.5) is 0 Å². The van der Waals surface area contributed by atoms with E-state index in [0.717, 1.165) is 6.07 Å². The summed E-state index contributed by atoms with van der Waals surface area (Å²) in [4.78, 5) is 10.7. The van der Waals surface area contributed by atoms with Crippen LogP contribution in [-0.2, 0) is 9.05 Å². The molecule has 0 bridgehead atoms. The quantitative estimate of drug-likeness (QED) is 0.846. The van der Waals surface area contributed by atoms with Crippen LogP contribution in [0.2, 0.25) is 0 Å². The molecule has 0 aromatic heterocycles. The van der Waals surface area contributed by atoms with E-state index in [1.807, 2.05) is 13.8 Å². The molecule has 0 atom stereocenters. The zero-order valence-corrected chi connectivity index (χ0v) is 12.4. The predicted molar refractivity (Wildman–Crippen MR) is 71.5 cm³/mol. The third-order valence-electron chi connectivity index (χ3n) is 2.39. The average Bonchev–Trinajstić information content (AvgIpc) is 2.25. The van der Waals surface area contributed by atoms with Crippen LogP contribution in [0.5, 0.6) is 5.75 Å². The second-order valence-electron chi connectivity index (χ2n) is 4.55. The van der Waals surface area contributed by atoms with Crippen LogP contribution in [0, 0.1) is 12.8 Å². The van der Waals surface area contributed by atoms with Gasteiger partial charge in [-0.25, -0.2) is 13.2 Å². The smallest absolute Gasteiger partial charge is 0.335 e. The molecule has 5 nitrogen and oxygen atoms in total. The maximum absolute atomic E-state index is 11.4. The lowest BCUT2D eigenvalue weighted by atomic mass is 10.1. The number of carbonyl (C=O) groups is 1. The molecule has 1 aromatic carbocycles. The van der Waals surface area contributed by atoms with Gasteiger partial charge in [-0.2, -0.15) is 0 Å². The van der Waals surface area contributed by atoms with Crippen molar-refractivity contribution in [2.24, 2.45) is 5.92 Å². The Morgan fingerprint density at radius 2 is 2.00 bits per heavy atom. The van der Waals surface area contributed by atoms with Crippen LogP contribution >= 0.6 is 10.7 Å².